The molecule has 2 aromatic rings. The van der Waals surface area contributed by atoms with E-state index in [1.807, 2.05) is 21.3 Å². The Morgan fingerprint density at radius 3 is 1.61 bits per heavy atom. The van der Waals surface area contributed by atoms with E-state index in [0.29, 0.717) is 23.7 Å². The van der Waals surface area contributed by atoms with Crippen molar-refractivity contribution in [2.24, 2.45) is 11.8 Å². The van der Waals surface area contributed by atoms with Crippen LogP contribution in [-0.4, -0.2) is 58.2 Å². The lowest BCUT2D eigenvalue weighted by Crippen LogP contribution is -2.49. The Balaban J connectivity index is 1.06. The van der Waals surface area contributed by atoms with Crippen LogP contribution in [-0.2, 0) is 13.1 Å². The summed E-state index contributed by atoms with van der Waals surface area (Å²) < 4.78 is 4.04. The topological polar surface area (TPSA) is 50.5 Å². The Hall–Kier alpha value is -2.18. The first-order chi connectivity index (χ1) is 15.1. The van der Waals surface area contributed by atoms with Crippen LogP contribution in [0, 0.1) is 11.8 Å². The minimum atomic E-state index is 0.167. The minimum absolute atomic E-state index is 0.167. The number of likely N-dealkylation sites (tertiary alicyclic amines) is 2. The summed E-state index contributed by atoms with van der Waals surface area (Å²) >= 11 is 0. The van der Waals surface area contributed by atoms with Crippen molar-refractivity contribution >= 4 is 0 Å². The lowest BCUT2D eigenvalue weighted by molar-refractivity contribution is 0.0963. The average molecular weight is 421 g/mol. The van der Waals surface area contributed by atoms with Gasteiger partial charge in [-0.15, -0.1) is 0 Å². The number of fused-ring (bicyclic) bond motifs is 8. The van der Waals surface area contributed by atoms with Crippen LogP contribution in [0.1, 0.15) is 42.5 Å². The molecule has 0 unspecified atom stereocenters. The zero-order valence-electron chi connectivity index (χ0n) is 18.2. The van der Waals surface area contributed by atoms with E-state index >= 15 is 0 Å². The van der Waals surface area contributed by atoms with E-state index in [1.165, 1.54) is 30.7 Å². The van der Waals surface area contributed by atoms with Gasteiger partial charge in [0.1, 0.15) is 0 Å². The maximum atomic E-state index is 12.2. The summed E-state index contributed by atoms with van der Waals surface area (Å²) in [4.78, 5) is 29.7. The van der Waals surface area contributed by atoms with Crippen LogP contribution in [0.5, 0.6) is 0 Å². The number of hydrogen-bond donors (Lipinski definition) is 0. The van der Waals surface area contributed by atoms with E-state index in [1.54, 1.807) is 12.1 Å². The van der Waals surface area contributed by atoms with Gasteiger partial charge < -0.3 is 18.9 Å². The van der Waals surface area contributed by atoms with Gasteiger partial charge in [-0.25, -0.2) is 0 Å². The molecule has 0 saturated carbocycles. The maximum absolute atomic E-state index is 12.2. The Kier molecular flexibility index (Phi) is 4.87. The highest BCUT2D eigenvalue weighted by Crippen LogP contribution is 2.36. The third kappa shape index (κ3) is 3.60. The maximum Gasteiger partial charge on any atom is 0.250 e. The van der Waals surface area contributed by atoms with Gasteiger partial charge in [-0.05, 0) is 56.3 Å². The monoisotopic (exact) mass is 420 g/mol. The first kappa shape index (κ1) is 19.5. The summed E-state index contributed by atoms with van der Waals surface area (Å²) in [6.07, 6.45) is 3.66. The van der Waals surface area contributed by atoms with E-state index < -0.39 is 0 Å². The molecule has 31 heavy (non-hydrogen) atoms. The Labute approximate surface area is 183 Å². The van der Waals surface area contributed by atoms with Crippen molar-refractivity contribution in [1.82, 2.24) is 18.9 Å². The highest BCUT2D eigenvalue weighted by atomic mass is 16.1. The summed E-state index contributed by atoms with van der Waals surface area (Å²) in [5.41, 5.74) is 2.82. The SMILES string of the molecule is O=c1cccc2n1C[C@@H]1C[C@H]2CN(CCCN2C[C@H]3C[C@@H](C2)c2cccc(=O)n2C3)C1. The number of hydrogen-bond acceptors (Lipinski definition) is 4. The summed E-state index contributed by atoms with van der Waals surface area (Å²) in [6, 6.07) is 11.6. The molecule has 2 saturated heterocycles. The molecule has 0 spiro atoms. The van der Waals surface area contributed by atoms with Gasteiger partial charge in [0.05, 0.1) is 0 Å². The summed E-state index contributed by atoms with van der Waals surface area (Å²) in [7, 11) is 0. The van der Waals surface area contributed by atoms with Crippen LogP contribution in [0.4, 0.5) is 0 Å². The second kappa shape index (κ2) is 7.75. The smallest absolute Gasteiger partial charge is 0.250 e. The van der Waals surface area contributed by atoms with Crippen LogP contribution < -0.4 is 11.1 Å². The average Bonchev–Trinajstić information content (AvgIpc) is 2.75. The minimum Gasteiger partial charge on any atom is -0.312 e. The van der Waals surface area contributed by atoms with Gasteiger partial charge in [0, 0.05) is 74.6 Å². The molecular weight excluding hydrogens is 388 g/mol. The summed E-state index contributed by atoms with van der Waals surface area (Å²) in [5, 5.41) is 0. The molecular formula is C25H32N4O2. The first-order valence-corrected chi connectivity index (χ1v) is 12.0. The van der Waals surface area contributed by atoms with Crippen molar-refractivity contribution < 1.29 is 0 Å². The van der Waals surface area contributed by atoms with E-state index in [9.17, 15) is 9.59 Å². The van der Waals surface area contributed by atoms with Crippen molar-refractivity contribution in [3.8, 4) is 0 Å². The Bertz CT molecular complexity index is 1000. The van der Waals surface area contributed by atoms with Crippen molar-refractivity contribution in [2.45, 2.75) is 44.2 Å². The third-order valence-corrected chi connectivity index (χ3v) is 8.06. The molecule has 0 aromatic carbocycles. The molecule has 6 heterocycles. The molecule has 0 N–H and O–H groups in total. The van der Waals surface area contributed by atoms with E-state index in [4.69, 9.17) is 0 Å². The molecule has 0 radical (unpaired) electrons. The fourth-order valence-corrected chi connectivity index (χ4v) is 6.87. The van der Waals surface area contributed by atoms with Gasteiger partial charge in [0.25, 0.3) is 11.1 Å². The molecule has 6 heteroatoms. The number of pyridine rings is 2. The van der Waals surface area contributed by atoms with Gasteiger partial charge in [-0.3, -0.25) is 9.59 Å². The lowest BCUT2D eigenvalue weighted by atomic mass is 9.82. The highest BCUT2D eigenvalue weighted by Gasteiger charge is 2.36. The molecule has 6 nitrogen and oxygen atoms in total. The molecule has 0 aliphatic carbocycles. The number of piperidine rings is 2. The summed E-state index contributed by atoms with van der Waals surface area (Å²) in [6.45, 7) is 8.48. The fourth-order valence-electron chi connectivity index (χ4n) is 6.87. The quantitative estimate of drug-likeness (QED) is 0.759. The largest absolute Gasteiger partial charge is 0.312 e. The molecule has 4 aliphatic rings. The highest BCUT2D eigenvalue weighted by molar-refractivity contribution is 5.18. The second-order valence-electron chi connectivity index (χ2n) is 10.3. The molecule has 164 valence electrons. The van der Waals surface area contributed by atoms with Crippen molar-refractivity contribution in [1.29, 1.82) is 0 Å². The molecule has 2 fully saturated rings. The third-order valence-electron chi connectivity index (χ3n) is 8.06. The number of aromatic nitrogens is 2. The van der Waals surface area contributed by atoms with Crippen LogP contribution in [0.25, 0.3) is 0 Å². The zero-order valence-corrected chi connectivity index (χ0v) is 18.2. The number of nitrogens with zero attached hydrogens (tertiary/aromatic N) is 4. The van der Waals surface area contributed by atoms with Gasteiger partial charge in [-0.1, -0.05) is 12.1 Å². The van der Waals surface area contributed by atoms with Gasteiger partial charge >= 0.3 is 0 Å². The van der Waals surface area contributed by atoms with Crippen LogP contribution in [0.15, 0.2) is 46.0 Å². The summed E-state index contributed by atoms with van der Waals surface area (Å²) in [5.74, 6) is 2.22. The predicted octanol–water partition coefficient (Wildman–Crippen LogP) is 1.94. The molecule has 4 bridgehead atoms. The normalized spacial score (nSPS) is 29.9. The van der Waals surface area contributed by atoms with Crippen molar-refractivity contribution in [2.75, 3.05) is 39.3 Å². The van der Waals surface area contributed by atoms with E-state index in [0.717, 1.165) is 52.4 Å². The van der Waals surface area contributed by atoms with Crippen molar-refractivity contribution in [3.63, 3.8) is 0 Å². The molecule has 6 rings (SSSR count). The van der Waals surface area contributed by atoms with Crippen LogP contribution in [0.2, 0.25) is 0 Å². The van der Waals surface area contributed by atoms with Crippen molar-refractivity contribution in [3.05, 3.63) is 68.5 Å². The molecule has 0 amide bonds. The predicted molar refractivity (Wildman–Crippen MR) is 121 cm³/mol. The van der Waals surface area contributed by atoms with Crippen LogP contribution >= 0.6 is 0 Å². The van der Waals surface area contributed by atoms with Gasteiger partial charge in [0.15, 0.2) is 0 Å². The molecule has 2 aromatic heterocycles. The van der Waals surface area contributed by atoms with Gasteiger partial charge in [-0.2, -0.15) is 0 Å². The Morgan fingerprint density at radius 1 is 0.645 bits per heavy atom. The fraction of sp³-hybridized carbons (Fsp3) is 0.600. The Morgan fingerprint density at radius 2 is 1.13 bits per heavy atom. The standard InChI is InChI=1S/C25H32N4O2/c30-24-6-1-4-22-20-10-18(14-28(22)24)12-26(16-20)8-3-9-27-13-19-11-21(17-27)23-5-2-7-25(31)29(23)15-19/h1-2,4-7,18-21H,3,8-17H2/t18-,19-,20+,21+/m1/s1. The van der Waals surface area contributed by atoms with Gasteiger partial charge in [0.2, 0.25) is 0 Å². The second-order valence-corrected chi connectivity index (χ2v) is 10.3. The van der Waals surface area contributed by atoms with Crippen LogP contribution in [0.3, 0.4) is 0 Å². The lowest BCUT2D eigenvalue weighted by Gasteiger charge is -2.44. The van der Waals surface area contributed by atoms with E-state index in [2.05, 4.69) is 21.9 Å². The zero-order chi connectivity index (χ0) is 20.9. The first-order valence-electron chi connectivity index (χ1n) is 12.0. The number of rotatable bonds is 4. The molecule has 4 atom stereocenters. The van der Waals surface area contributed by atoms with E-state index in [-0.39, 0.29) is 11.1 Å². The molecule has 4 aliphatic heterocycles.